The van der Waals surface area contributed by atoms with Gasteiger partial charge in [-0.05, 0) is 30.1 Å². The van der Waals surface area contributed by atoms with Crippen molar-refractivity contribution in [1.82, 2.24) is 0 Å². The van der Waals surface area contributed by atoms with E-state index in [4.69, 9.17) is 27.9 Å². The van der Waals surface area contributed by atoms with Crippen molar-refractivity contribution in [2.75, 3.05) is 6.61 Å². The molecule has 0 aliphatic carbocycles. The van der Waals surface area contributed by atoms with E-state index in [9.17, 15) is 14.4 Å². The molecule has 6 heteroatoms. The normalized spacial score (nSPS) is 10.8. The van der Waals surface area contributed by atoms with E-state index in [0.29, 0.717) is 0 Å². The molecule has 4 nitrogen and oxygen atoms in total. The molecule has 0 amide bonds. The Bertz CT molecular complexity index is 358. The third kappa shape index (κ3) is 6.37. The summed E-state index contributed by atoms with van der Waals surface area (Å²) in [5.74, 6) is -0.571. The minimum absolute atomic E-state index is 0.00354. The molecule has 88 valence electrons. The van der Waals surface area contributed by atoms with Crippen molar-refractivity contribution in [3.05, 3.63) is 23.8 Å². The van der Waals surface area contributed by atoms with Crippen molar-refractivity contribution < 1.29 is 19.1 Å². The van der Waals surface area contributed by atoms with E-state index in [1.165, 1.54) is 6.92 Å². The molecule has 0 bridgehead atoms. The summed E-state index contributed by atoms with van der Waals surface area (Å²) in [6, 6.07) is 0. The van der Waals surface area contributed by atoms with Gasteiger partial charge in [0.1, 0.15) is 0 Å². The summed E-state index contributed by atoms with van der Waals surface area (Å²) in [6.45, 7) is 4.80. The number of hydrogen-bond acceptors (Lipinski definition) is 4. The summed E-state index contributed by atoms with van der Waals surface area (Å²) >= 11 is 10.3. The maximum atomic E-state index is 11.0. The fourth-order valence-corrected chi connectivity index (χ4v) is 1.02. The molecule has 0 saturated carbocycles. The lowest BCUT2D eigenvalue weighted by atomic mass is 10.2. The van der Waals surface area contributed by atoms with Gasteiger partial charge in [0.05, 0.1) is 6.61 Å². The van der Waals surface area contributed by atoms with Crippen LogP contribution in [-0.2, 0) is 19.1 Å². The van der Waals surface area contributed by atoms with Crippen LogP contribution in [0.5, 0.6) is 0 Å². The van der Waals surface area contributed by atoms with Gasteiger partial charge in [0.25, 0.3) is 0 Å². The van der Waals surface area contributed by atoms with Crippen molar-refractivity contribution in [3.63, 3.8) is 0 Å². The molecule has 0 radical (unpaired) electrons. The predicted octanol–water partition coefficient (Wildman–Crippen LogP) is 1.95. The average molecular weight is 265 g/mol. The summed E-state index contributed by atoms with van der Waals surface area (Å²) in [5.41, 5.74) is 0.243. The van der Waals surface area contributed by atoms with Gasteiger partial charge in [-0.2, -0.15) is 0 Å². The van der Waals surface area contributed by atoms with E-state index < -0.39 is 16.5 Å². The summed E-state index contributed by atoms with van der Waals surface area (Å²) in [6.07, 6.45) is 0.922. The van der Waals surface area contributed by atoms with Gasteiger partial charge in [0.15, 0.2) is 0 Å². The Labute approximate surface area is 103 Å². The highest BCUT2D eigenvalue weighted by Gasteiger charge is 2.10. The Balaban J connectivity index is 4.26. The van der Waals surface area contributed by atoms with Gasteiger partial charge in [0, 0.05) is 23.6 Å². The summed E-state index contributed by atoms with van der Waals surface area (Å²) in [4.78, 5) is 32.3. The number of carbonyl (C=O) groups excluding carboxylic acids is 3. The molecule has 0 aromatic rings. The summed E-state index contributed by atoms with van der Waals surface area (Å²) in [5, 5.41) is -1.62. The standard InChI is InChI=1S/C10H10Cl2O4/c1-6(2)10(15)16-4-3-7(9(12)14)5-8(11)13/h5H,1,3-4H2,2H3/b7-5-. The Kier molecular flexibility index (Phi) is 6.69. The average Bonchev–Trinajstić information content (AvgIpc) is 2.14. The molecule has 0 fully saturated rings. The van der Waals surface area contributed by atoms with Crippen LogP contribution in [-0.4, -0.2) is 23.1 Å². The summed E-state index contributed by atoms with van der Waals surface area (Å²) < 4.78 is 4.72. The number of hydrogen-bond donors (Lipinski definition) is 0. The fourth-order valence-electron chi connectivity index (χ4n) is 0.741. The van der Waals surface area contributed by atoms with Crippen molar-refractivity contribution in [2.24, 2.45) is 0 Å². The minimum atomic E-state index is -0.810. The second-order valence-corrected chi connectivity index (χ2v) is 3.63. The van der Waals surface area contributed by atoms with Gasteiger partial charge < -0.3 is 4.74 Å². The van der Waals surface area contributed by atoms with Crippen LogP contribution >= 0.6 is 23.2 Å². The molecule has 0 aliphatic rings. The van der Waals surface area contributed by atoms with Gasteiger partial charge >= 0.3 is 5.97 Å². The Morgan fingerprint density at radius 3 is 2.25 bits per heavy atom. The van der Waals surface area contributed by atoms with Crippen LogP contribution in [0.15, 0.2) is 23.8 Å². The van der Waals surface area contributed by atoms with Gasteiger partial charge in [0.2, 0.25) is 10.5 Å². The number of ether oxygens (including phenoxy) is 1. The van der Waals surface area contributed by atoms with Crippen molar-refractivity contribution in [2.45, 2.75) is 13.3 Å². The number of rotatable bonds is 6. The first-order valence-electron chi connectivity index (χ1n) is 4.27. The SMILES string of the molecule is C=C(C)C(=O)OCC/C(=C/C(=O)Cl)C(=O)Cl. The zero-order valence-electron chi connectivity index (χ0n) is 8.59. The van der Waals surface area contributed by atoms with E-state index in [2.05, 4.69) is 6.58 Å². The molecule has 0 rings (SSSR count). The molecule has 16 heavy (non-hydrogen) atoms. The third-order valence-corrected chi connectivity index (χ3v) is 1.85. The smallest absolute Gasteiger partial charge is 0.333 e. The van der Waals surface area contributed by atoms with Crippen LogP contribution in [0.3, 0.4) is 0 Å². The lowest BCUT2D eigenvalue weighted by molar-refractivity contribution is -0.139. The predicted molar refractivity (Wildman–Crippen MR) is 60.2 cm³/mol. The Morgan fingerprint density at radius 1 is 1.31 bits per heavy atom. The Hall–Kier alpha value is -1.13. The van der Waals surface area contributed by atoms with Gasteiger partial charge in [-0.3, -0.25) is 9.59 Å². The fraction of sp³-hybridized carbons (Fsp3) is 0.300. The third-order valence-electron chi connectivity index (χ3n) is 1.49. The zero-order chi connectivity index (χ0) is 12.7. The molecular weight excluding hydrogens is 255 g/mol. The van der Waals surface area contributed by atoms with E-state index in [1.807, 2.05) is 0 Å². The van der Waals surface area contributed by atoms with E-state index in [0.717, 1.165) is 6.08 Å². The van der Waals surface area contributed by atoms with E-state index in [1.54, 1.807) is 0 Å². The first-order valence-corrected chi connectivity index (χ1v) is 5.02. The molecule has 0 saturated heterocycles. The number of halogens is 2. The lowest BCUT2D eigenvalue weighted by Crippen LogP contribution is -2.08. The molecule has 0 atom stereocenters. The number of esters is 1. The van der Waals surface area contributed by atoms with Gasteiger partial charge in [-0.15, -0.1) is 0 Å². The molecule has 0 aromatic carbocycles. The molecule has 0 spiro atoms. The number of carbonyl (C=O) groups is 3. The highest BCUT2D eigenvalue weighted by Crippen LogP contribution is 2.08. The van der Waals surface area contributed by atoms with Crippen molar-refractivity contribution >= 4 is 39.7 Å². The maximum absolute atomic E-state index is 11.0. The lowest BCUT2D eigenvalue weighted by Gasteiger charge is -2.04. The first kappa shape index (κ1) is 14.9. The molecule has 0 N–H and O–H groups in total. The van der Waals surface area contributed by atoms with E-state index >= 15 is 0 Å². The van der Waals surface area contributed by atoms with E-state index in [-0.39, 0.29) is 24.2 Å². The summed E-state index contributed by atoms with van der Waals surface area (Å²) in [7, 11) is 0. The quantitative estimate of drug-likeness (QED) is 0.418. The topological polar surface area (TPSA) is 60.4 Å². The second-order valence-electron chi connectivity index (χ2n) is 2.91. The maximum Gasteiger partial charge on any atom is 0.333 e. The largest absolute Gasteiger partial charge is 0.462 e. The molecule has 0 unspecified atom stereocenters. The first-order chi connectivity index (χ1) is 7.34. The van der Waals surface area contributed by atoms with Crippen molar-refractivity contribution in [3.8, 4) is 0 Å². The molecule has 0 heterocycles. The van der Waals surface area contributed by atoms with Crippen LogP contribution in [0.25, 0.3) is 0 Å². The molecular formula is C10H10Cl2O4. The Morgan fingerprint density at radius 2 is 1.88 bits per heavy atom. The van der Waals surface area contributed by atoms with Crippen LogP contribution in [0, 0.1) is 0 Å². The van der Waals surface area contributed by atoms with Crippen molar-refractivity contribution in [1.29, 1.82) is 0 Å². The molecule has 0 aliphatic heterocycles. The van der Waals surface area contributed by atoms with Gasteiger partial charge in [-0.1, -0.05) is 6.58 Å². The van der Waals surface area contributed by atoms with Crippen LogP contribution < -0.4 is 0 Å². The number of allylic oxidation sites excluding steroid dienone is 1. The highest BCUT2D eigenvalue weighted by atomic mass is 35.5. The van der Waals surface area contributed by atoms with Crippen LogP contribution in [0.1, 0.15) is 13.3 Å². The monoisotopic (exact) mass is 264 g/mol. The van der Waals surface area contributed by atoms with Gasteiger partial charge in [-0.25, -0.2) is 4.79 Å². The molecule has 0 aromatic heterocycles. The minimum Gasteiger partial charge on any atom is -0.462 e. The zero-order valence-corrected chi connectivity index (χ0v) is 10.1. The van der Waals surface area contributed by atoms with Crippen LogP contribution in [0.2, 0.25) is 0 Å². The highest BCUT2D eigenvalue weighted by molar-refractivity contribution is 6.70. The van der Waals surface area contributed by atoms with Crippen LogP contribution in [0.4, 0.5) is 0 Å². The second kappa shape index (κ2) is 7.19.